The monoisotopic (exact) mass is 646 g/mol. The number of rotatable bonds is 15. The highest BCUT2D eigenvalue weighted by Gasteiger charge is 2.54. The van der Waals surface area contributed by atoms with Gasteiger partial charge in [0.25, 0.3) is 5.91 Å². The SMILES string of the molecule is COc1ccccc1CCNC(=O)[C@]1(Cc2ccccc2N=[N+]=[N-])N=C(c2ccc(OCCCO)cc2)O[C@@H]1c1ccccc1N=[N+]=[N-]. The maximum Gasteiger partial charge on any atom is 0.252 e. The summed E-state index contributed by atoms with van der Waals surface area (Å²) in [4.78, 5) is 25.7. The average molecular weight is 647 g/mol. The van der Waals surface area contributed by atoms with Crippen molar-refractivity contribution >= 4 is 23.2 Å². The van der Waals surface area contributed by atoms with Gasteiger partial charge in [-0.1, -0.05) is 77.0 Å². The summed E-state index contributed by atoms with van der Waals surface area (Å²) < 4.78 is 17.8. The summed E-state index contributed by atoms with van der Waals surface area (Å²) in [5.41, 5.74) is 20.2. The number of aliphatic imine (C=N–C) groups is 1. The highest BCUT2D eigenvalue weighted by Crippen LogP contribution is 2.46. The molecular formula is C35H34N8O5. The third-order valence-electron chi connectivity index (χ3n) is 7.88. The van der Waals surface area contributed by atoms with E-state index < -0.39 is 17.6 Å². The molecule has 0 radical (unpaired) electrons. The molecule has 4 aromatic rings. The summed E-state index contributed by atoms with van der Waals surface area (Å²) in [7, 11) is 1.60. The normalized spacial score (nSPS) is 16.5. The van der Waals surface area contributed by atoms with E-state index in [0.717, 1.165) is 5.56 Å². The van der Waals surface area contributed by atoms with Crippen molar-refractivity contribution in [3.8, 4) is 11.5 Å². The number of hydrogen-bond acceptors (Lipinski definition) is 8. The first kappa shape index (κ1) is 33.4. The molecule has 1 aliphatic heterocycles. The Labute approximate surface area is 277 Å². The summed E-state index contributed by atoms with van der Waals surface area (Å²) in [5, 5.41) is 19.9. The zero-order chi connectivity index (χ0) is 33.8. The molecule has 0 saturated heterocycles. The van der Waals surface area contributed by atoms with Gasteiger partial charge in [0.15, 0.2) is 11.6 Å². The fourth-order valence-electron chi connectivity index (χ4n) is 5.58. The largest absolute Gasteiger partial charge is 0.496 e. The first-order valence-corrected chi connectivity index (χ1v) is 15.3. The van der Waals surface area contributed by atoms with Crippen LogP contribution in [-0.2, 0) is 22.4 Å². The minimum Gasteiger partial charge on any atom is -0.496 e. The number of hydrogen-bond donors (Lipinski definition) is 2. The van der Waals surface area contributed by atoms with Crippen molar-refractivity contribution in [1.82, 2.24) is 5.32 Å². The second-order valence-electron chi connectivity index (χ2n) is 10.9. The summed E-state index contributed by atoms with van der Waals surface area (Å²) >= 11 is 0. The lowest BCUT2D eigenvalue weighted by atomic mass is 9.81. The molecule has 1 heterocycles. The zero-order valence-electron chi connectivity index (χ0n) is 26.3. The number of carbonyl (C=O) groups excluding carboxylic acids is 1. The van der Waals surface area contributed by atoms with Gasteiger partial charge in [0.1, 0.15) is 11.5 Å². The van der Waals surface area contributed by atoms with Gasteiger partial charge in [0.05, 0.1) is 13.7 Å². The minimum absolute atomic E-state index is 0.0101. The maximum absolute atomic E-state index is 14.6. The number of aliphatic hydroxyl groups excluding tert-OH is 1. The van der Waals surface area contributed by atoms with Gasteiger partial charge in [-0.15, -0.1) is 0 Å². The maximum atomic E-state index is 14.6. The van der Waals surface area contributed by atoms with Crippen LogP contribution in [0.4, 0.5) is 11.4 Å². The van der Waals surface area contributed by atoms with Crippen LogP contribution in [0.2, 0.25) is 0 Å². The minimum atomic E-state index is -1.63. The Bertz CT molecular complexity index is 1870. The van der Waals surface area contributed by atoms with Gasteiger partial charge < -0.3 is 24.6 Å². The molecule has 0 spiro atoms. The van der Waals surface area contributed by atoms with Crippen LogP contribution in [0.3, 0.4) is 0 Å². The lowest BCUT2D eigenvalue weighted by Gasteiger charge is -2.32. The molecule has 13 nitrogen and oxygen atoms in total. The number of amides is 1. The van der Waals surface area contributed by atoms with Gasteiger partial charge in [-0.2, -0.15) is 0 Å². The van der Waals surface area contributed by atoms with Crippen LogP contribution in [0, 0.1) is 0 Å². The van der Waals surface area contributed by atoms with Crippen molar-refractivity contribution in [1.29, 1.82) is 0 Å². The molecule has 5 rings (SSSR count). The van der Waals surface area contributed by atoms with Crippen LogP contribution >= 0.6 is 0 Å². The van der Waals surface area contributed by atoms with Crippen LogP contribution in [0.1, 0.15) is 34.8 Å². The first-order chi connectivity index (χ1) is 23.5. The molecular weight excluding hydrogens is 612 g/mol. The average Bonchev–Trinajstić information content (AvgIpc) is 3.50. The molecule has 13 heteroatoms. The molecule has 0 fully saturated rings. The smallest absolute Gasteiger partial charge is 0.252 e. The second-order valence-corrected chi connectivity index (χ2v) is 10.9. The molecule has 0 unspecified atom stereocenters. The molecule has 0 saturated carbocycles. The molecule has 2 N–H and O–H groups in total. The quantitative estimate of drug-likeness (QED) is 0.0597. The summed E-state index contributed by atoms with van der Waals surface area (Å²) in [5.74, 6) is 1.06. The molecule has 1 aliphatic rings. The number of carbonyl (C=O) groups is 1. The third-order valence-corrected chi connectivity index (χ3v) is 7.88. The van der Waals surface area contributed by atoms with E-state index in [9.17, 15) is 15.9 Å². The summed E-state index contributed by atoms with van der Waals surface area (Å²) in [6, 6.07) is 28.5. The van der Waals surface area contributed by atoms with Crippen LogP contribution < -0.4 is 14.8 Å². The predicted molar refractivity (Wildman–Crippen MR) is 181 cm³/mol. The number of para-hydroxylation sites is 1. The van der Waals surface area contributed by atoms with Crippen LogP contribution in [0.5, 0.6) is 11.5 Å². The highest BCUT2D eigenvalue weighted by atomic mass is 16.5. The summed E-state index contributed by atoms with van der Waals surface area (Å²) in [6.45, 7) is 0.635. The Morgan fingerprint density at radius 2 is 1.60 bits per heavy atom. The molecule has 0 bridgehead atoms. The number of ether oxygens (including phenoxy) is 3. The lowest BCUT2D eigenvalue weighted by molar-refractivity contribution is -0.128. The standard InChI is InChI=1S/C35H34N8O5/c1-46-31-14-7-3-9-24(31)19-20-38-34(45)35(23-26-10-2-5-12-29(26)40-42-36)32(28-11-4-6-13-30(28)41-43-37)48-33(39-35)25-15-17-27(18-16-25)47-22-8-21-44/h2-7,9-18,32,44H,8,19-23H2,1H3,(H,38,45)/t32-,35-/m1/s1. The van der Waals surface area contributed by atoms with E-state index >= 15 is 0 Å². The zero-order valence-corrected chi connectivity index (χ0v) is 26.3. The van der Waals surface area contributed by atoms with Crippen LogP contribution in [0.15, 0.2) is 112 Å². The Morgan fingerprint density at radius 1 is 0.938 bits per heavy atom. The van der Waals surface area contributed by atoms with Crippen LogP contribution in [0.25, 0.3) is 20.9 Å². The molecule has 48 heavy (non-hydrogen) atoms. The fourth-order valence-corrected chi connectivity index (χ4v) is 5.58. The number of nitrogens with zero attached hydrogens (tertiary/aromatic N) is 7. The molecule has 244 valence electrons. The van der Waals surface area contributed by atoms with E-state index in [1.54, 1.807) is 79.9 Å². The predicted octanol–water partition coefficient (Wildman–Crippen LogP) is 7.20. The van der Waals surface area contributed by atoms with Crippen molar-refractivity contribution in [3.05, 3.63) is 140 Å². The Hall–Kier alpha value is -6.00. The van der Waals surface area contributed by atoms with Gasteiger partial charge in [-0.3, -0.25) is 4.79 Å². The van der Waals surface area contributed by atoms with E-state index in [0.29, 0.717) is 53.3 Å². The summed E-state index contributed by atoms with van der Waals surface area (Å²) in [6.07, 6.45) is -0.0734. The topological polar surface area (TPSA) is 187 Å². The van der Waals surface area contributed by atoms with E-state index in [1.807, 2.05) is 24.3 Å². The van der Waals surface area contributed by atoms with Crippen LogP contribution in [-0.4, -0.2) is 49.3 Å². The molecule has 1 amide bonds. The number of methoxy groups -OCH3 is 1. The van der Waals surface area contributed by atoms with Gasteiger partial charge >= 0.3 is 0 Å². The first-order valence-electron chi connectivity index (χ1n) is 15.3. The second kappa shape index (κ2) is 16.0. The molecule has 0 aromatic heterocycles. The Balaban J connectivity index is 1.61. The van der Waals surface area contributed by atoms with Crippen molar-refractivity contribution in [3.63, 3.8) is 0 Å². The lowest BCUT2D eigenvalue weighted by Crippen LogP contribution is -2.50. The third kappa shape index (κ3) is 7.51. The molecule has 2 atom stereocenters. The van der Waals surface area contributed by atoms with Crippen molar-refractivity contribution in [2.24, 2.45) is 15.2 Å². The highest BCUT2D eigenvalue weighted by molar-refractivity contribution is 6.01. The number of benzene rings is 4. The Kier molecular flexibility index (Phi) is 11.1. The van der Waals surface area contributed by atoms with Crippen molar-refractivity contribution in [2.75, 3.05) is 26.9 Å². The Morgan fingerprint density at radius 3 is 2.33 bits per heavy atom. The fraction of sp³-hybridized carbons (Fsp3) is 0.257. The van der Waals surface area contributed by atoms with E-state index in [4.69, 9.17) is 24.3 Å². The number of azide groups is 2. The molecule has 0 aliphatic carbocycles. The number of nitrogens with one attached hydrogen (secondary N) is 1. The molecule has 4 aromatic carbocycles. The van der Waals surface area contributed by atoms with Gasteiger partial charge in [-0.25, -0.2) is 4.99 Å². The van der Waals surface area contributed by atoms with Gasteiger partial charge in [0, 0.05) is 58.3 Å². The van der Waals surface area contributed by atoms with E-state index in [-0.39, 0.29) is 31.2 Å². The van der Waals surface area contributed by atoms with Crippen molar-refractivity contribution in [2.45, 2.75) is 30.9 Å². The van der Waals surface area contributed by atoms with E-state index in [1.165, 1.54) is 0 Å². The van der Waals surface area contributed by atoms with Crippen molar-refractivity contribution < 1.29 is 24.1 Å². The van der Waals surface area contributed by atoms with Gasteiger partial charge in [0.2, 0.25) is 5.90 Å². The number of aliphatic hydroxyl groups is 1. The van der Waals surface area contributed by atoms with E-state index in [2.05, 4.69) is 25.4 Å². The van der Waals surface area contributed by atoms with Gasteiger partial charge in [-0.05, 0) is 58.9 Å².